The molecule has 1 unspecified atom stereocenters. The molecule has 1 aromatic carbocycles. The number of carbonyl (C=O) groups is 1. The van der Waals surface area contributed by atoms with Crippen LogP contribution in [-0.4, -0.2) is 42.4 Å². The van der Waals surface area contributed by atoms with Crippen LogP contribution in [0.25, 0.3) is 0 Å². The molecule has 0 saturated carbocycles. The molecule has 1 aromatic rings. The summed E-state index contributed by atoms with van der Waals surface area (Å²) in [6.45, 7) is 3.63. The third-order valence-corrected chi connectivity index (χ3v) is 3.83. The van der Waals surface area contributed by atoms with Gasteiger partial charge < -0.3 is 9.64 Å². The minimum Gasteiger partial charge on any atom is -0.375 e. The van der Waals surface area contributed by atoms with Crippen LogP contribution >= 0.6 is 11.8 Å². The van der Waals surface area contributed by atoms with E-state index in [1.807, 2.05) is 6.92 Å². The van der Waals surface area contributed by atoms with Crippen molar-refractivity contribution in [2.24, 2.45) is 0 Å². The van der Waals surface area contributed by atoms with Gasteiger partial charge in [0, 0.05) is 18.0 Å². The minimum atomic E-state index is -0.891. The van der Waals surface area contributed by atoms with Gasteiger partial charge in [-0.05, 0) is 25.1 Å². The maximum atomic E-state index is 13.0. The summed E-state index contributed by atoms with van der Waals surface area (Å²) in [5.74, 6) is -1.56. The highest BCUT2D eigenvalue weighted by atomic mass is 32.2. The average molecular weight is 287 g/mol. The van der Waals surface area contributed by atoms with Crippen LogP contribution in [0.15, 0.2) is 23.1 Å². The molecule has 3 nitrogen and oxygen atoms in total. The van der Waals surface area contributed by atoms with Crippen LogP contribution in [-0.2, 0) is 9.53 Å². The number of amides is 1. The molecule has 2 rings (SSSR count). The van der Waals surface area contributed by atoms with Crippen molar-refractivity contribution >= 4 is 17.7 Å². The van der Waals surface area contributed by atoms with Crippen LogP contribution in [0, 0.1) is 11.6 Å². The van der Waals surface area contributed by atoms with Crippen molar-refractivity contribution in [2.45, 2.75) is 17.9 Å². The molecule has 6 heteroatoms. The van der Waals surface area contributed by atoms with Crippen molar-refractivity contribution in [3.8, 4) is 0 Å². The van der Waals surface area contributed by atoms with Gasteiger partial charge in [-0.25, -0.2) is 8.78 Å². The summed E-state index contributed by atoms with van der Waals surface area (Å²) in [5, 5.41) is 0. The maximum Gasteiger partial charge on any atom is 0.233 e. The Morgan fingerprint density at radius 2 is 2.26 bits per heavy atom. The van der Waals surface area contributed by atoms with Gasteiger partial charge in [0.25, 0.3) is 0 Å². The van der Waals surface area contributed by atoms with Crippen molar-refractivity contribution in [3.05, 3.63) is 29.8 Å². The molecule has 104 valence electrons. The maximum absolute atomic E-state index is 13.0. The predicted octanol–water partition coefficient (Wildman–Crippen LogP) is 2.30. The second kappa shape index (κ2) is 6.34. The summed E-state index contributed by atoms with van der Waals surface area (Å²) in [5.41, 5.74) is 0. The standard InChI is InChI=1S/C13H15F2NO2S/c1-9-7-16(4-5-18-9)13(17)8-19-10-2-3-11(14)12(15)6-10/h2-3,6,9H,4-5,7-8H2,1H3. The molecular weight excluding hydrogens is 272 g/mol. The van der Waals surface area contributed by atoms with Gasteiger partial charge in [-0.1, -0.05) is 0 Å². The SMILES string of the molecule is CC1CN(C(=O)CSc2ccc(F)c(F)c2)CCO1. The van der Waals surface area contributed by atoms with E-state index in [4.69, 9.17) is 4.74 Å². The molecule has 0 radical (unpaired) electrons. The lowest BCUT2D eigenvalue weighted by Gasteiger charge is -2.31. The smallest absolute Gasteiger partial charge is 0.233 e. The highest BCUT2D eigenvalue weighted by molar-refractivity contribution is 8.00. The van der Waals surface area contributed by atoms with Gasteiger partial charge in [-0.2, -0.15) is 0 Å². The van der Waals surface area contributed by atoms with E-state index in [-0.39, 0.29) is 17.8 Å². The number of ether oxygens (including phenoxy) is 1. The molecule has 0 aromatic heterocycles. The lowest BCUT2D eigenvalue weighted by molar-refractivity contribution is -0.135. The summed E-state index contributed by atoms with van der Waals surface area (Å²) in [7, 11) is 0. The number of benzene rings is 1. The first-order chi connectivity index (χ1) is 9.06. The Balaban J connectivity index is 1.87. The monoisotopic (exact) mass is 287 g/mol. The molecule has 0 aliphatic carbocycles. The van der Waals surface area contributed by atoms with E-state index in [1.54, 1.807) is 4.90 Å². The second-order valence-electron chi connectivity index (χ2n) is 4.39. The number of nitrogens with zero attached hydrogens (tertiary/aromatic N) is 1. The summed E-state index contributed by atoms with van der Waals surface area (Å²) < 4.78 is 31.1. The molecule has 19 heavy (non-hydrogen) atoms. The Kier molecular flexibility index (Phi) is 4.76. The lowest BCUT2D eigenvalue weighted by atomic mass is 10.3. The summed E-state index contributed by atoms with van der Waals surface area (Å²) in [6.07, 6.45) is 0.0472. The van der Waals surface area contributed by atoms with E-state index >= 15 is 0 Å². The van der Waals surface area contributed by atoms with E-state index in [9.17, 15) is 13.6 Å². The Labute approximate surface area is 114 Å². The van der Waals surface area contributed by atoms with Gasteiger partial charge in [-0.15, -0.1) is 11.8 Å². The van der Waals surface area contributed by atoms with E-state index in [1.165, 1.54) is 17.8 Å². The third-order valence-electron chi connectivity index (χ3n) is 2.85. The molecule has 1 atom stereocenters. The van der Waals surface area contributed by atoms with Crippen molar-refractivity contribution in [1.82, 2.24) is 4.90 Å². The van der Waals surface area contributed by atoms with Crippen LogP contribution in [0.2, 0.25) is 0 Å². The van der Waals surface area contributed by atoms with Crippen molar-refractivity contribution in [2.75, 3.05) is 25.4 Å². The average Bonchev–Trinajstić information content (AvgIpc) is 2.40. The highest BCUT2D eigenvalue weighted by Crippen LogP contribution is 2.21. The van der Waals surface area contributed by atoms with Gasteiger partial charge >= 0.3 is 0 Å². The minimum absolute atomic E-state index is 0.00937. The molecule has 1 aliphatic heterocycles. The molecule has 1 fully saturated rings. The summed E-state index contributed by atoms with van der Waals surface area (Å²) in [4.78, 5) is 14.2. The third kappa shape index (κ3) is 3.91. The van der Waals surface area contributed by atoms with Crippen LogP contribution in [0.5, 0.6) is 0 Å². The van der Waals surface area contributed by atoms with Gasteiger partial charge in [-0.3, -0.25) is 4.79 Å². The molecule has 1 heterocycles. The number of carbonyl (C=O) groups excluding carboxylic acids is 1. The first kappa shape index (κ1) is 14.3. The first-order valence-electron chi connectivity index (χ1n) is 6.03. The number of hydrogen-bond donors (Lipinski definition) is 0. The molecule has 0 N–H and O–H groups in total. The number of hydrogen-bond acceptors (Lipinski definition) is 3. The van der Waals surface area contributed by atoms with Crippen molar-refractivity contribution < 1.29 is 18.3 Å². The van der Waals surface area contributed by atoms with Crippen molar-refractivity contribution in [3.63, 3.8) is 0 Å². The summed E-state index contributed by atoms with van der Waals surface area (Å²) >= 11 is 1.21. The normalized spacial score (nSPS) is 19.5. The van der Waals surface area contributed by atoms with Crippen LogP contribution < -0.4 is 0 Å². The van der Waals surface area contributed by atoms with Gasteiger partial charge in [0.2, 0.25) is 5.91 Å². The molecule has 0 spiro atoms. The fourth-order valence-electron chi connectivity index (χ4n) is 1.85. The number of halogens is 2. The second-order valence-corrected chi connectivity index (χ2v) is 5.43. The van der Waals surface area contributed by atoms with E-state index in [2.05, 4.69) is 0 Å². The lowest BCUT2D eigenvalue weighted by Crippen LogP contribution is -2.45. The fraction of sp³-hybridized carbons (Fsp3) is 0.462. The number of thioether (sulfide) groups is 1. The zero-order chi connectivity index (χ0) is 13.8. The fourth-order valence-corrected chi connectivity index (χ4v) is 2.67. The zero-order valence-corrected chi connectivity index (χ0v) is 11.4. The Morgan fingerprint density at radius 3 is 2.95 bits per heavy atom. The van der Waals surface area contributed by atoms with Crippen LogP contribution in [0.3, 0.4) is 0 Å². The summed E-state index contributed by atoms with van der Waals surface area (Å²) in [6, 6.07) is 3.65. The largest absolute Gasteiger partial charge is 0.375 e. The Morgan fingerprint density at radius 1 is 1.47 bits per heavy atom. The van der Waals surface area contributed by atoms with Gasteiger partial charge in [0.05, 0.1) is 18.5 Å². The first-order valence-corrected chi connectivity index (χ1v) is 7.02. The number of rotatable bonds is 3. The molecule has 1 amide bonds. The predicted molar refractivity (Wildman–Crippen MR) is 69.1 cm³/mol. The highest BCUT2D eigenvalue weighted by Gasteiger charge is 2.21. The Bertz CT molecular complexity index is 470. The van der Waals surface area contributed by atoms with Gasteiger partial charge in [0.1, 0.15) is 0 Å². The van der Waals surface area contributed by atoms with E-state index < -0.39 is 11.6 Å². The molecule has 1 saturated heterocycles. The van der Waals surface area contributed by atoms with Crippen LogP contribution in [0.4, 0.5) is 8.78 Å². The topological polar surface area (TPSA) is 29.5 Å². The molecular formula is C13H15F2NO2S. The molecule has 0 bridgehead atoms. The van der Waals surface area contributed by atoms with E-state index in [0.717, 1.165) is 12.1 Å². The number of morpholine rings is 1. The van der Waals surface area contributed by atoms with Crippen LogP contribution in [0.1, 0.15) is 6.92 Å². The van der Waals surface area contributed by atoms with Crippen molar-refractivity contribution in [1.29, 1.82) is 0 Å². The quantitative estimate of drug-likeness (QED) is 0.799. The molecule has 1 aliphatic rings. The Hall–Kier alpha value is -1.14. The van der Waals surface area contributed by atoms with E-state index in [0.29, 0.717) is 24.6 Å². The zero-order valence-electron chi connectivity index (χ0n) is 10.6. The van der Waals surface area contributed by atoms with Gasteiger partial charge in [0.15, 0.2) is 11.6 Å².